The number of quaternary nitrogens is 1. The summed E-state index contributed by atoms with van der Waals surface area (Å²) in [4.78, 5) is 21.9. The van der Waals surface area contributed by atoms with E-state index in [1.165, 1.54) is 10.5 Å². The first kappa shape index (κ1) is 16.8. The van der Waals surface area contributed by atoms with Gasteiger partial charge in [-0.05, 0) is 44.0 Å². The zero-order valence-corrected chi connectivity index (χ0v) is 15.1. The molecule has 0 saturated carbocycles. The molecule has 0 radical (unpaired) electrons. The van der Waals surface area contributed by atoms with E-state index in [4.69, 9.17) is 4.98 Å². The van der Waals surface area contributed by atoms with Crippen LogP contribution in [-0.4, -0.2) is 35.5 Å². The number of nitrogens with zero attached hydrogens (tertiary/aromatic N) is 1. The number of hydrogen-bond acceptors (Lipinski definition) is 2. The van der Waals surface area contributed by atoms with Gasteiger partial charge in [0.1, 0.15) is 5.82 Å². The van der Waals surface area contributed by atoms with Gasteiger partial charge in [-0.15, -0.1) is 0 Å². The number of benzene rings is 2. The molecule has 1 amide bonds. The smallest absolute Gasteiger partial charge is 0.279 e. The molecule has 0 aliphatic carbocycles. The van der Waals surface area contributed by atoms with Crippen LogP contribution in [0, 0.1) is 6.92 Å². The summed E-state index contributed by atoms with van der Waals surface area (Å²) < 4.78 is 0. The number of anilines is 1. The molecule has 0 bridgehead atoms. The van der Waals surface area contributed by atoms with E-state index in [0.29, 0.717) is 12.5 Å². The number of H-pyrrole nitrogens is 1. The molecule has 2 atom stereocenters. The number of carbonyl (C=O) groups excluding carboxylic acids is 1. The minimum absolute atomic E-state index is 0.0779. The Morgan fingerprint density at radius 3 is 2.85 bits per heavy atom. The third kappa shape index (κ3) is 3.78. The fourth-order valence-electron chi connectivity index (χ4n) is 3.78. The van der Waals surface area contributed by atoms with Crippen molar-refractivity contribution in [2.24, 2.45) is 0 Å². The Hall–Kier alpha value is -2.66. The maximum Gasteiger partial charge on any atom is 0.279 e. The van der Waals surface area contributed by atoms with Gasteiger partial charge >= 0.3 is 0 Å². The summed E-state index contributed by atoms with van der Waals surface area (Å²) in [6.07, 6.45) is 2.25. The molecule has 5 heteroatoms. The van der Waals surface area contributed by atoms with E-state index in [1.807, 2.05) is 49.4 Å². The van der Waals surface area contributed by atoms with Gasteiger partial charge in [0.05, 0.1) is 30.0 Å². The zero-order valence-electron chi connectivity index (χ0n) is 15.1. The molecule has 134 valence electrons. The van der Waals surface area contributed by atoms with E-state index in [2.05, 4.69) is 16.4 Å². The highest BCUT2D eigenvalue weighted by Crippen LogP contribution is 2.22. The van der Waals surface area contributed by atoms with Crippen molar-refractivity contribution in [2.75, 3.05) is 25.0 Å². The molecule has 2 aromatic carbocycles. The van der Waals surface area contributed by atoms with Gasteiger partial charge in [0.15, 0.2) is 6.54 Å². The van der Waals surface area contributed by atoms with Gasteiger partial charge in [-0.2, -0.15) is 0 Å². The van der Waals surface area contributed by atoms with Crippen LogP contribution in [-0.2, 0) is 4.79 Å². The Balaban J connectivity index is 1.38. The molecule has 0 spiro atoms. The Morgan fingerprint density at radius 2 is 2.04 bits per heavy atom. The Kier molecular flexibility index (Phi) is 4.71. The van der Waals surface area contributed by atoms with E-state index in [9.17, 15) is 4.79 Å². The van der Waals surface area contributed by atoms with Crippen molar-refractivity contribution in [2.45, 2.75) is 25.7 Å². The lowest BCUT2D eigenvalue weighted by Crippen LogP contribution is -3.14. The molecular weight excluding hydrogens is 324 g/mol. The first-order valence-corrected chi connectivity index (χ1v) is 9.32. The van der Waals surface area contributed by atoms with Gasteiger partial charge in [0.25, 0.3) is 5.91 Å². The average Bonchev–Trinajstić information content (AvgIpc) is 3.08. The Bertz CT molecular complexity index is 867. The molecule has 3 N–H and O–H groups in total. The highest BCUT2D eigenvalue weighted by molar-refractivity contribution is 5.91. The van der Waals surface area contributed by atoms with E-state index < -0.39 is 0 Å². The number of piperidine rings is 1. The molecule has 4 rings (SSSR count). The number of likely N-dealkylation sites (tertiary alicyclic amines) is 1. The van der Waals surface area contributed by atoms with E-state index in [1.54, 1.807) is 0 Å². The zero-order chi connectivity index (χ0) is 17.9. The number of carbonyl (C=O) groups is 1. The lowest BCUT2D eigenvalue weighted by atomic mass is 9.97. The molecule has 1 unspecified atom stereocenters. The van der Waals surface area contributed by atoms with Crippen molar-refractivity contribution < 1.29 is 9.69 Å². The van der Waals surface area contributed by atoms with Crippen LogP contribution in [0.2, 0.25) is 0 Å². The second kappa shape index (κ2) is 7.30. The molecule has 1 saturated heterocycles. The van der Waals surface area contributed by atoms with Crippen LogP contribution in [0.3, 0.4) is 0 Å². The summed E-state index contributed by atoms with van der Waals surface area (Å²) >= 11 is 0. The number of nitrogens with one attached hydrogen (secondary N) is 3. The van der Waals surface area contributed by atoms with Crippen molar-refractivity contribution in [1.29, 1.82) is 0 Å². The topological polar surface area (TPSA) is 62.2 Å². The van der Waals surface area contributed by atoms with Crippen LogP contribution >= 0.6 is 0 Å². The summed E-state index contributed by atoms with van der Waals surface area (Å²) in [6, 6.07) is 16.1. The summed E-state index contributed by atoms with van der Waals surface area (Å²) in [5.41, 5.74) is 4.17. The van der Waals surface area contributed by atoms with Gasteiger partial charge < -0.3 is 15.2 Å². The normalized spacial score (nSPS) is 20.2. The fourth-order valence-corrected chi connectivity index (χ4v) is 3.78. The number of imidazole rings is 1. The number of aryl methyl sites for hydroxylation is 1. The van der Waals surface area contributed by atoms with Crippen LogP contribution in [0.4, 0.5) is 5.69 Å². The van der Waals surface area contributed by atoms with Gasteiger partial charge in [-0.1, -0.05) is 29.8 Å². The van der Waals surface area contributed by atoms with Crippen molar-refractivity contribution >= 4 is 22.6 Å². The lowest BCUT2D eigenvalue weighted by molar-refractivity contribution is -0.898. The molecule has 3 aromatic rings. The molecule has 1 fully saturated rings. The Morgan fingerprint density at radius 1 is 1.23 bits per heavy atom. The monoisotopic (exact) mass is 349 g/mol. The third-order valence-corrected chi connectivity index (χ3v) is 5.16. The molecule has 2 heterocycles. The molecule has 1 aliphatic rings. The summed E-state index contributed by atoms with van der Waals surface area (Å²) in [5, 5.41) is 3.01. The highest BCUT2D eigenvalue weighted by atomic mass is 16.2. The van der Waals surface area contributed by atoms with Crippen LogP contribution in [0.5, 0.6) is 0 Å². The number of rotatable bonds is 4. The van der Waals surface area contributed by atoms with E-state index in [0.717, 1.165) is 48.5 Å². The maximum atomic E-state index is 12.4. The van der Waals surface area contributed by atoms with Gasteiger partial charge in [0, 0.05) is 5.69 Å². The number of fused-ring (bicyclic) bond motifs is 1. The minimum Gasteiger partial charge on any atom is -0.342 e. The number of amides is 1. The van der Waals surface area contributed by atoms with Gasteiger partial charge in [0.2, 0.25) is 0 Å². The predicted octanol–water partition coefficient (Wildman–Crippen LogP) is 2.27. The third-order valence-electron chi connectivity index (χ3n) is 5.16. The number of para-hydroxylation sites is 2. The number of hydrogen-bond donors (Lipinski definition) is 3. The lowest BCUT2D eigenvalue weighted by Gasteiger charge is -2.28. The fraction of sp³-hybridized carbons (Fsp3) is 0.333. The van der Waals surface area contributed by atoms with Crippen LogP contribution in [0.1, 0.15) is 30.1 Å². The van der Waals surface area contributed by atoms with E-state index >= 15 is 0 Å². The van der Waals surface area contributed by atoms with Crippen LogP contribution in [0.25, 0.3) is 11.0 Å². The summed E-state index contributed by atoms with van der Waals surface area (Å²) in [6.45, 7) is 4.53. The standard InChI is InChI=1S/C21H24N4O/c1-15-8-10-17(11-9-15)22-20(26)14-25-12-4-5-16(13-25)21-23-18-6-2-3-7-19(18)24-21/h2-3,6-11,16H,4-5,12-14H2,1H3,(H,22,26)(H,23,24)/p+1/t16-/m0/s1. The van der Waals surface area contributed by atoms with Gasteiger partial charge in [-0.3, -0.25) is 4.79 Å². The predicted molar refractivity (Wildman–Crippen MR) is 103 cm³/mol. The molecule has 1 aromatic heterocycles. The number of aromatic nitrogens is 2. The van der Waals surface area contributed by atoms with Gasteiger partial charge in [-0.25, -0.2) is 4.98 Å². The average molecular weight is 349 g/mol. The second-order valence-electron chi connectivity index (χ2n) is 7.27. The first-order valence-electron chi connectivity index (χ1n) is 9.32. The molecule has 1 aliphatic heterocycles. The van der Waals surface area contributed by atoms with E-state index in [-0.39, 0.29) is 5.91 Å². The van der Waals surface area contributed by atoms with Crippen molar-refractivity contribution in [1.82, 2.24) is 9.97 Å². The molecular formula is C21H25N4O+. The summed E-state index contributed by atoms with van der Waals surface area (Å²) in [5.74, 6) is 1.52. The quantitative estimate of drug-likeness (QED) is 0.677. The largest absolute Gasteiger partial charge is 0.342 e. The Labute approximate surface area is 153 Å². The maximum absolute atomic E-state index is 12.4. The van der Waals surface area contributed by atoms with Crippen molar-refractivity contribution in [3.8, 4) is 0 Å². The van der Waals surface area contributed by atoms with Crippen molar-refractivity contribution in [3.63, 3.8) is 0 Å². The summed E-state index contributed by atoms with van der Waals surface area (Å²) in [7, 11) is 0. The SMILES string of the molecule is Cc1ccc(NC(=O)C[NH+]2CCC[C@H](c3nc4ccccc4[nH]3)C2)cc1. The van der Waals surface area contributed by atoms with Crippen LogP contribution in [0.15, 0.2) is 48.5 Å². The second-order valence-corrected chi connectivity index (χ2v) is 7.27. The molecule has 5 nitrogen and oxygen atoms in total. The first-order chi connectivity index (χ1) is 12.7. The highest BCUT2D eigenvalue weighted by Gasteiger charge is 2.28. The number of aromatic amines is 1. The van der Waals surface area contributed by atoms with Crippen molar-refractivity contribution in [3.05, 3.63) is 59.9 Å². The molecule has 26 heavy (non-hydrogen) atoms. The minimum atomic E-state index is 0.0779. The van der Waals surface area contributed by atoms with Crippen LogP contribution < -0.4 is 10.2 Å².